The second kappa shape index (κ2) is 6.56. The van der Waals surface area contributed by atoms with Crippen LogP contribution in [-0.4, -0.2) is 34.9 Å². The molecule has 0 amide bonds. The van der Waals surface area contributed by atoms with Crippen LogP contribution in [0, 0.1) is 0 Å². The Hall–Kier alpha value is -3.00. The number of benzene rings is 1. The largest absolute Gasteiger partial charge is 0.493 e. The van der Waals surface area contributed by atoms with Crippen LogP contribution in [0.15, 0.2) is 35.3 Å². The number of hydrogen-bond acceptors (Lipinski definition) is 6. The Bertz CT molecular complexity index is 1250. The Kier molecular flexibility index (Phi) is 4.01. The Morgan fingerprint density at radius 2 is 2.07 bits per heavy atom. The molecule has 0 spiro atoms. The van der Waals surface area contributed by atoms with Crippen LogP contribution in [0.25, 0.3) is 15.7 Å². The molecule has 7 nitrogen and oxygen atoms in total. The van der Waals surface area contributed by atoms with Crippen molar-refractivity contribution in [2.75, 3.05) is 26.1 Å². The van der Waals surface area contributed by atoms with E-state index in [1.807, 2.05) is 24.3 Å². The van der Waals surface area contributed by atoms with Crippen molar-refractivity contribution in [1.82, 2.24) is 14.2 Å². The lowest BCUT2D eigenvalue weighted by molar-refractivity contribution is 0.354. The van der Waals surface area contributed by atoms with Gasteiger partial charge in [-0.15, -0.1) is 0 Å². The molecule has 4 heterocycles. The van der Waals surface area contributed by atoms with Gasteiger partial charge < -0.3 is 14.8 Å². The van der Waals surface area contributed by atoms with Gasteiger partial charge in [0.05, 0.1) is 37.5 Å². The molecule has 0 fully saturated rings. The maximum atomic E-state index is 13.2. The standard InChI is InChI=1S/C20H20N4O3S/c1-26-15-6-5-12(10-16(15)27-2)11-23-19-17(13-4-3-8-21-18(13)28-19)14-7-9-22-24(14)20(23)25/h5-7,9-10,21H,3-4,8,11H2,1-2H3. The van der Waals surface area contributed by atoms with Crippen LogP contribution in [0.3, 0.4) is 0 Å². The highest BCUT2D eigenvalue weighted by molar-refractivity contribution is 7.22. The summed E-state index contributed by atoms with van der Waals surface area (Å²) in [6.07, 6.45) is 3.79. The first kappa shape index (κ1) is 17.1. The smallest absolute Gasteiger partial charge is 0.350 e. The minimum atomic E-state index is -0.138. The highest BCUT2D eigenvalue weighted by Crippen LogP contribution is 2.40. The van der Waals surface area contributed by atoms with Gasteiger partial charge in [0.25, 0.3) is 0 Å². The molecule has 8 heteroatoms. The van der Waals surface area contributed by atoms with Gasteiger partial charge in [-0.25, -0.2) is 4.79 Å². The van der Waals surface area contributed by atoms with Crippen LogP contribution in [-0.2, 0) is 13.0 Å². The monoisotopic (exact) mass is 396 g/mol. The van der Waals surface area contributed by atoms with Crippen molar-refractivity contribution in [2.45, 2.75) is 19.4 Å². The van der Waals surface area contributed by atoms with Crippen LogP contribution in [0.5, 0.6) is 11.5 Å². The number of anilines is 1. The summed E-state index contributed by atoms with van der Waals surface area (Å²) in [5.74, 6) is 1.32. The summed E-state index contributed by atoms with van der Waals surface area (Å²) in [6, 6.07) is 7.66. The lowest BCUT2D eigenvalue weighted by Gasteiger charge is -2.13. The van der Waals surface area contributed by atoms with Crippen molar-refractivity contribution in [3.05, 3.63) is 52.1 Å². The summed E-state index contributed by atoms with van der Waals surface area (Å²) in [5, 5.41) is 10.1. The van der Waals surface area contributed by atoms with Crippen molar-refractivity contribution < 1.29 is 9.47 Å². The Labute approximate surface area is 165 Å². The molecule has 144 valence electrons. The molecule has 3 aromatic heterocycles. The molecule has 0 atom stereocenters. The van der Waals surface area contributed by atoms with E-state index in [4.69, 9.17) is 9.47 Å². The van der Waals surface area contributed by atoms with Crippen LogP contribution in [0.2, 0.25) is 0 Å². The lowest BCUT2D eigenvalue weighted by atomic mass is 10.1. The van der Waals surface area contributed by atoms with Crippen molar-refractivity contribution in [3.63, 3.8) is 0 Å². The molecule has 4 aromatic rings. The molecule has 0 saturated carbocycles. The number of methoxy groups -OCH3 is 2. The van der Waals surface area contributed by atoms with Gasteiger partial charge in [-0.3, -0.25) is 4.57 Å². The zero-order chi connectivity index (χ0) is 19.3. The number of aryl methyl sites for hydroxylation is 1. The second-order valence-corrected chi connectivity index (χ2v) is 7.81. The van der Waals surface area contributed by atoms with E-state index in [9.17, 15) is 4.79 Å². The highest BCUT2D eigenvalue weighted by Gasteiger charge is 2.22. The average molecular weight is 396 g/mol. The van der Waals surface area contributed by atoms with E-state index in [-0.39, 0.29) is 5.69 Å². The fourth-order valence-electron chi connectivity index (χ4n) is 3.90. The summed E-state index contributed by atoms with van der Waals surface area (Å²) >= 11 is 1.65. The first-order valence-corrected chi connectivity index (χ1v) is 9.99. The highest BCUT2D eigenvalue weighted by atomic mass is 32.1. The minimum Gasteiger partial charge on any atom is -0.493 e. The molecule has 0 aliphatic carbocycles. The van der Waals surface area contributed by atoms with Gasteiger partial charge in [0, 0.05) is 11.9 Å². The summed E-state index contributed by atoms with van der Waals surface area (Å²) in [5.41, 5.74) is 3.00. The zero-order valence-corrected chi connectivity index (χ0v) is 16.5. The van der Waals surface area contributed by atoms with Gasteiger partial charge in [-0.05, 0) is 42.2 Å². The SMILES string of the molecule is COc1ccc(Cn2c(=O)n3nccc3c3c4c(sc32)NCCC4)cc1OC. The van der Waals surface area contributed by atoms with E-state index in [1.54, 1.807) is 36.3 Å². The number of nitrogens with zero attached hydrogens (tertiary/aromatic N) is 3. The number of nitrogens with one attached hydrogen (secondary N) is 1. The molecular formula is C20H20N4O3S. The van der Waals surface area contributed by atoms with Gasteiger partial charge in [-0.1, -0.05) is 17.4 Å². The third-order valence-corrected chi connectivity index (χ3v) is 6.44. The van der Waals surface area contributed by atoms with Crippen LogP contribution in [0.1, 0.15) is 17.5 Å². The lowest BCUT2D eigenvalue weighted by Crippen LogP contribution is -2.27. The third-order valence-electron chi connectivity index (χ3n) is 5.22. The van der Waals surface area contributed by atoms with Gasteiger partial charge in [0.1, 0.15) is 4.83 Å². The topological polar surface area (TPSA) is 69.8 Å². The predicted octanol–water partition coefficient (Wildman–Crippen LogP) is 3.13. The summed E-state index contributed by atoms with van der Waals surface area (Å²) in [7, 11) is 3.22. The molecule has 0 radical (unpaired) electrons. The quantitative estimate of drug-likeness (QED) is 0.574. The van der Waals surface area contributed by atoms with Gasteiger partial charge in [-0.2, -0.15) is 9.61 Å². The number of ether oxygens (including phenoxy) is 2. The van der Waals surface area contributed by atoms with E-state index < -0.39 is 0 Å². The van der Waals surface area contributed by atoms with Gasteiger partial charge in [0.2, 0.25) is 0 Å². The second-order valence-electron chi connectivity index (χ2n) is 6.81. The van der Waals surface area contributed by atoms with Gasteiger partial charge >= 0.3 is 5.69 Å². The van der Waals surface area contributed by atoms with Gasteiger partial charge in [0.15, 0.2) is 11.5 Å². The maximum Gasteiger partial charge on any atom is 0.350 e. The number of hydrogen-bond donors (Lipinski definition) is 1. The molecule has 1 aliphatic heterocycles. The normalized spacial score (nSPS) is 13.5. The molecule has 5 rings (SSSR count). The fourth-order valence-corrected chi connectivity index (χ4v) is 5.18. The third kappa shape index (κ3) is 2.48. The molecule has 1 N–H and O–H groups in total. The maximum absolute atomic E-state index is 13.2. The van der Waals surface area contributed by atoms with E-state index in [0.717, 1.165) is 45.7 Å². The first-order valence-electron chi connectivity index (χ1n) is 9.18. The minimum absolute atomic E-state index is 0.138. The molecular weight excluding hydrogens is 376 g/mol. The van der Waals surface area contributed by atoms with Crippen LogP contribution >= 0.6 is 11.3 Å². The predicted molar refractivity (Wildman–Crippen MR) is 110 cm³/mol. The van der Waals surface area contributed by atoms with E-state index in [2.05, 4.69) is 10.4 Å². The molecule has 0 saturated heterocycles. The zero-order valence-electron chi connectivity index (χ0n) is 15.7. The number of thiophene rings is 1. The Balaban J connectivity index is 1.73. The van der Waals surface area contributed by atoms with E-state index in [0.29, 0.717) is 18.0 Å². The number of rotatable bonds is 4. The molecule has 1 aliphatic rings. The van der Waals surface area contributed by atoms with Crippen molar-refractivity contribution >= 4 is 32.1 Å². The van der Waals surface area contributed by atoms with Crippen molar-refractivity contribution in [3.8, 4) is 11.5 Å². The van der Waals surface area contributed by atoms with Crippen LogP contribution in [0.4, 0.5) is 5.00 Å². The van der Waals surface area contributed by atoms with Crippen LogP contribution < -0.4 is 20.5 Å². The molecule has 28 heavy (non-hydrogen) atoms. The van der Waals surface area contributed by atoms with E-state index in [1.165, 1.54) is 10.1 Å². The molecule has 1 aromatic carbocycles. The van der Waals surface area contributed by atoms with E-state index >= 15 is 0 Å². The number of aromatic nitrogens is 3. The fraction of sp³-hybridized carbons (Fsp3) is 0.300. The Morgan fingerprint density at radius 1 is 1.21 bits per heavy atom. The number of fused-ring (bicyclic) bond motifs is 5. The Morgan fingerprint density at radius 3 is 2.89 bits per heavy atom. The molecule has 0 unspecified atom stereocenters. The summed E-state index contributed by atoms with van der Waals surface area (Å²) in [4.78, 5) is 14.2. The molecule has 0 bridgehead atoms. The average Bonchev–Trinajstić information content (AvgIpc) is 3.35. The van der Waals surface area contributed by atoms with Crippen molar-refractivity contribution in [1.29, 1.82) is 0 Å². The summed E-state index contributed by atoms with van der Waals surface area (Å²) < 4.78 is 14.1. The first-order chi connectivity index (χ1) is 13.7. The van der Waals surface area contributed by atoms with Crippen molar-refractivity contribution in [2.24, 2.45) is 0 Å². The summed E-state index contributed by atoms with van der Waals surface area (Å²) in [6.45, 7) is 1.40.